The van der Waals surface area contributed by atoms with Crippen molar-refractivity contribution in [1.82, 2.24) is 4.90 Å². The molecule has 0 bridgehead atoms. The highest BCUT2D eigenvalue weighted by molar-refractivity contribution is 5.97. The van der Waals surface area contributed by atoms with Crippen LogP contribution in [0.3, 0.4) is 0 Å². The van der Waals surface area contributed by atoms with Crippen molar-refractivity contribution in [3.8, 4) is 0 Å². The minimum absolute atomic E-state index is 0.155. The molecule has 1 aromatic rings. The molecule has 2 aliphatic rings. The summed E-state index contributed by atoms with van der Waals surface area (Å²) in [4.78, 5) is 15.0. The first kappa shape index (κ1) is 15.8. The maximum Gasteiger partial charge on any atom is 0.254 e. The SMILES string of the molecule is CC1=C(C(=O)N2CCc3ccccc3C2)C=CC(C(C)C)C=C1. The molecule has 0 radical (unpaired) electrons. The average molecular weight is 307 g/mol. The van der Waals surface area contributed by atoms with E-state index in [0.717, 1.165) is 30.7 Å². The van der Waals surface area contributed by atoms with Crippen molar-refractivity contribution < 1.29 is 4.79 Å². The molecule has 0 fully saturated rings. The van der Waals surface area contributed by atoms with E-state index in [-0.39, 0.29) is 5.91 Å². The monoisotopic (exact) mass is 307 g/mol. The zero-order valence-electron chi connectivity index (χ0n) is 14.3. The van der Waals surface area contributed by atoms with Gasteiger partial charge in [-0.05, 0) is 41.9 Å². The lowest BCUT2D eigenvalue weighted by Crippen LogP contribution is -2.36. The molecular formula is C21H25NO. The van der Waals surface area contributed by atoms with Gasteiger partial charge in [0.1, 0.15) is 0 Å². The summed E-state index contributed by atoms with van der Waals surface area (Å²) >= 11 is 0. The van der Waals surface area contributed by atoms with Gasteiger partial charge in [-0.25, -0.2) is 0 Å². The van der Waals surface area contributed by atoms with Crippen LogP contribution in [-0.2, 0) is 17.8 Å². The van der Waals surface area contributed by atoms with Crippen LogP contribution in [-0.4, -0.2) is 17.4 Å². The topological polar surface area (TPSA) is 20.3 Å². The van der Waals surface area contributed by atoms with Crippen molar-refractivity contribution in [3.05, 3.63) is 70.8 Å². The summed E-state index contributed by atoms with van der Waals surface area (Å²) < 4.78 is 0. The van der Waals surface area contributed by atoms with E-state index >= 15 is 0 Å². The van der Waals surface area contributed by atoms with Gasteiger partial charge in [-0.2, -0.15) is 0 Å². The van der Waals surface area contributed by atoms with Gasteiger partial charge < -0.3 is 4.90 Å². The molecule has 1 atom stereocenters. The van der Waals surface area contributed by atoms with E-state index in [1.807, 2.05) is 17.9 Å². The van der Waals surface area contributed by atoms with Gasteiger partial charge in [-0.3, -0.25) is 4.79 Å². The van der Waals surface area contributed by atoms with Crippen molar-refractivity contribution >= 4 is 5.91 Å². The second-order valence-electron chi connectivity index (χ2n) is 6.88. The molecule has 0 N–H and O–H groups in total. The van der Waals surface area contributed by atoms with Crippen LogP contribution < -0.4 is 0 Å². The maximum absolute atomic E-state index is 13.0. The standard InChI is InChI=1S/C21H25NO/c1-15(2)17-9-8-16(3)20(11-10-17)21(23)22-13-12-18-6-4-5-7-19(18)14-22/h4-11,15,17H,12-14H2,1-3H3. The summed E-state index contributed by atoms with van der Waals surface area (Å²) in [6, 6.07) is 8.43. The predicted molar refractivity (Wildman–Crippen MR) is 94.9 cm³/mol. The van der Waals surface area contributed by atoms with Crippen molar-refractivity contribution in [2.75, 3.05) is 6.54 Å². The lowest BCUT2D eigenvalue weighted by molar-refractivity contribution is -0.127. The van der Waals surface area contributed by atoms with Crippen LogP contribution in [0.2, 0.25) is 0 Å². The highest BCUT2D eigenvalue weighted by Crippen LogP contribution is 2.25. The van der Waals surface area contributed by atoms with Crippen LogP contribution in [0.5, 0.6) is 0 Å². The molecule has 23 heavy (non-hydrogen) atoms. The number of carbonyl (C=O) groups excluding carboxylic acids is 1. The van der Waals surface area contributed by atoms with Gasteiger partial charge in [-0.1, -0.05) is 62.4 Å². The van der Waals surface area contributed by atoms with E-state index in [1.165, 1.54) is 11.1 Å². The highest BCUT2D eigenvalue weighted by Gasteiger charge is 2.23. The molecule has 1 heterocycles. The molecule has 2 nitrogen and oxygen atoms in total. The first-order valence-corrected chi connectivity index (χ1v) is 8.49. The fourth-order valence-corrected chi connectivity index (χ4v) is 3.27. The average Bonchev–Trinajstić information content (AvgIpc) is 2.75. The first-order chi connectivity index (χ1) is 11.1. The summed E-state index contributed by atoms with van der Waals surface area (Å²) in [5.41, 5.74) is 4.55. The number of rotatable bonds is 2. The van der Waals surface area contributed by atoms with E-state index in [9.17, 15) is 4.79 Å². The van der Waals surface area contributed by atoms with Crippen LogP contribution in [0.4, 0.5) is 0 Å². The Balaban J connectivity index is 1.81. The molecular weight excluding hydrogens is 282 g/mol. The normalized spacial score (nSPS) is 20.7. The molecule has 0 saturated heterocycles. The van der Waals surface area contributed by atoms with Crippen molar-refractivity contribution in [1.29, 1.82) is 0 Å². The van der Waals surface area contributed by atoms with Gasteiger partial charge in [-0.15, -0.1) is 0 Å². The highest BCUT2D eigenvalue weighted by atomic mass is 16.2. The van der Waals surface area contributed by atoms with Gasteiger partial charge >= 0.3 is 0 Å². The third-order valence-electron chi connectivity index (χ3n) is 4.90. The number of hydrogen-bond donors (Lipinski definition) is 0. The molecule has 120 valence electrons. The Bertz CT molecular complexity index is 694. The Kier molecular flexibility index (Phi) is 4.51. The molecule has 0 aromatic heterocycles. The van der Waals surface area contributed by atoms with E-state index < -0.39 is 0 Å². The number of benzene rings is 1. The van der Waals surface area contributed by atoms with Crippen LogP contribution in [0.25, 0.3) is 0 Å². The molecule has 0 saturated carbocycles. The smallest absolute Gasteiger partial charge is 0.254 e. The summed E-state index contributed by atoms with van der Waals surface area (Å²) in [5, 5.41) is 0. The minimum Gasteiger partial charge on any atom is -0.334 e. The lowest BCUT2D eigenvalue weighted by atomic mass is 9.95. The second kappa shape index (κ2) is 6.57. The molecule has 1 amide bonds. The van der Waals surface area contributed by atoms with Crippen molar-refractivity contribution in [2.24, 2.45) is 11.8 Å². The quantitative estimate of drug-likeness (QED) is 0.798. The van der Waals surface area contributed by atoms with Crippen molar-refractivity contribution in [3.63, 3.8) is 0 Å². The molecule has 1 aliphatic carbocycles. The molecule has 1 aromatic carbocycles. The van der Waals surface area contributed by atoms with Gasteiger partial charge in [0.15, 0.2) is 0 Å². The number of nitrogens with zero attached hydrogens (tertiary/aromatic N) is 1. The second-order valence-corrected chi connectivity index (χ2v) is 6.88. The lowest BCUT2D eigenvalue weighted by Gasteiger charge is -2.29. The Morgan fingerprint density at radius 3 is 2.57 bits per heavy atom. The Morgan fingerprint density at radius 1 is 1.13 bits per heavy atom. The third kappa shape index (κ3) is 3.31. The molecule has 0 spiro atoms. The molecule has 3 rings (SSSR count). The van der Waals surface area contributed by atoms with Crippen LogP contribution in [0.15, 0.2) is 59.7 Å². The summed E-state index contributed by atoms with van der Waals surface area (Å²) in [6.45, 7) is 7.98. The maximum atomic E-state index is 13.0. The molecule has 1 aliphatic heterocycles. The van der Waals surface area contributed by atoms with Gasteiger partial charge in [0.25, 0.3) is 5.91 Å². The molecule has 2 heteroatoms. The fraction of sp³-hybridized carbons (Fsp3) is 0.381. The van der Waals surface area contributed by atoms with Gasteiger partial charge in [0.05, 0.1) is 0 Å². The number of allylic oxidation sites excluding steroid dienone is 4. The van der Waals surface area contributed by atoms with E-state index in [2.05, 4.69) is 56.3 Å². The largest absolute Gasteiger partial charge is 0.334 e. The summed E-state index contributed by atoms with van der Waals surface area (Å²) in [6.07, 6.45) is 9.46. The third-order valence-corrected chi connectivity index (χ3v) is 4.90. The number of amides is 1. The van der Waals surface area contributed by atoms with Gasteiger partial charge in [0, 0.05) is 18.7 Å². The minimum atomic E-state index is 0.155. The summed E-state index contributed by atoms with van der Waals surface area (Å²) in [7, 11) is 0. The fourth-order valence-electron chi connectivity index (χ4n) is 3.27. The zero-order valence-corrected chi connectivity index (χ0v) is 14.3. The zero-order chi connectivity index (χ0) is 16.4. The number of fused-ring (bicyclic) bond motifs is 1. The van der Waals surface area contributed by atoms with Crippen LogP contribution >= 0.6 is 0 Å². The van der Waals surface area contributed by atoms with Crippen molar-refractivity contribution in [2.45, 2.75) is 33.7 Å². The Labute approximate surface area is 139 Å². The van der Waals surface area contributed by atoms with E-state index in [1.54, 1.807) is 0 Å². The molecule has 1 unspecified atom stereocenters. The Hall–Kier alpha value is -2.09. The first-order valence-electron chi connectivity index (χ1n) is 8.49. The summed E-state index contributed by atoms with van der Waals surface area (Å²) in [5.74, 6) is 1.10. The van der Waals surface area contributed by atoms with Crippen LogP contribution in [0, 0.1) is 11.8 Å². The number of carbonyl (C=O) groups is 1. The van der Waals surface area contributed by atoms with Gasteiger partial charge in [0.2, 0.25) is 0 Å². The Morgan fingerprint density at radius 2 is 1.83 bits per heavy atom. The van der Waals surface area contributed by atoms with E-state index in [4.69, 9.17) is 0 Å². The van der Waals surface area contributed by atoms with E-state index in [0.29, 0.717) is 11.8 Å². The van der Waals surface area contributed by atoms with Crippen LogP contribution in [0.1, 0.15) is 31.9 Å². The predicted octanol–water partition coefficient (Wildman–Crippen LogP) is 4.29. The number of hydrogen-bond acceptors (Lipinski definition) is 1.